The Morgan fingerprint density at radius 3 is 2.81 bits per heavy atom. The van der Waals surface area contributed by atoms with Crippen LogP contribution >= 0.6 is 0 Å². The molecule has 21 heavy (non-hydrogen) atoms. The molecule has 1 aromatic rings. The Kier molecular flexibility index (Phi) is 5.73. The average Bonchev–Trinajstić information content (AvgIpc) is 2.43. The predicted molar refractivity (Wildman–Crippen MR) is 83.9 cm³/mol. The van der Waals surface area contributed by atoms with E-state index in [4.69, 9.17) is 4.74 Å². The van der Waals surface area contributed by atoms with Gasteiger partial charge in [0.15, 0.2) is 0 Å². The molecule has 1 aromatic carbocycles. The van der Waals surface area contributed by atoms with Crippen molar-refractivity contribution in [3.05, 3.63) is 35.6 Å². The van der Waals surface area contributed by atoms with Crippen molar-refractivity contribution < 1.29 is 9.13 Å². The molecule has 1 N–H and O–H groups in total. The molecule has 1 unspecified atom stereocenters. The molecule has 0 radical (unpaired) electrons. The van der Waals surface area contributed by atoms with Crippen LogP contribution in [-0.4, -0.2) is 43.3 Å². The second-order valence-electron chi connectivity index (χ2n) is 6.37. The van der Waals surface area contributed by atoms with E-state index in [2.05, 4.69) is 31.0 Å². The second kappa shape index (κ2) is 7.34. The van der Waals surface area contributed by atoms with Crippen molar-refractivity contribution in [3.63, 3.8) is 0 Å². The van der Waals surface area contributed by atoms with Crippen molar-refractivity contribution in [2.45, 2.75) is 38.8 Å². The van der Waals surface area contributed by atoms with E-state index < -0.39 is 0 Å². The number of halogens is 1. The maximum absolute atomic E-state index is 14.1. The zero-order chi connectivity index (χ0) is 15.3. The third kappa shape index (κ3) is 4.77. The largest absolute Gasteiger partial charge is 0.373 e. The minimum atomic E-state index is -0.126. The van der Waals surface area contributed by atoms with Crippen LogP contribution < -0.4 is 5.32 Å². The third-order valence-electron chi connectivity index (χ3n) is 3.87. The maximum atomic E-state index is 14.1. The number of benzene rings is 1. The van der Waals surface area contributed by atoms with Crippen molar-refractivity contribution in [3.8, 4) is 0 Å². The first kappa shape index (κ1) is 16.4. The fraction of sp³-hybridized carbons (Fsp3) is 0.647. The van der Waals surface area contributed by atoms with Crippen molar-refractivity contribution in [1.29, 1.82) is 0 Å². The quantitative estimate of drug-likeness (QED) is 0.873. The molecule has 3 nitrogen and oxygen atoms in total. The van der Waals surface area contributed by atoms with Gasteiger partial charge >= 0.3 is 0 Å². The lowest BCUT2D eigenvalue weighted by atomic mass is 10.0. The van der Waals surface area contributed by atoms with E-state index in [0.717, 1.165) is 44.8 Å². The lowest BCUT2D eigenvalue weighted by Crippen LogP contribution is -2.50. The first-order chi connectivity index (χ1) is 10.0. The van der Waals surface area contributed by atoms with Gasteiger partial charge in [0.25, 0.3) is 0 Å². The highest BCUT2D eigenvalue weighted by molar-refractivity contribution is 5.21. The topological polar surface area (TPSA) is 24.5 Å². The summed E-state index contributed by atoms with van der Waals surface area (Å²) in [4.78, 5) is 2.36. The molecule has 0 bridgehead atoms. The molecular formula is C17H27FN2O. The SMILES string of the molecule is CCCNC(CN1CCOC(C)(C)C1)c1ccccc1F. The number of morpholine rings is 1. The highest BCUT2D eigenvalue weighted by Crippen LogP contribution is 2.22. The standard InChI is InChI=1S/C17H27FN2O/c1-4-9-19-16(14-7-5-6-8-15(14)18)12-20-10-11-21-17(2,3)13-20/h5-8,16,19H,4,9-13H2,1-3H3. The van der Waals surface area contributed by atoms with Crippen molar-refractivity contribution in [2.75, 3.05) is 32.8 Å². The monoisotopic (exact) mass is 294 g/mol. The molecule has 0 aliphatic carbocycles. The molecule has 1 heterocycles. The summed E-state index contributed by atoms with van der Waals surface area (Å²) in [5.74, 6) is -0.126. The fourth-order valence-electron chi connectivity index (χ4n) is 2.88. The zero-order valence-electron chi connectivity index (χ0n) is 13.4. The smallest absolute Gasteiger partial charge is 0.128 e. The van der Waals surface area contributed by atoms with Crippen LogP contribution in [0.3, 0.4) is 0 Å². The molecule has 1 aliphatic heterocycles. The van der Waals surface area contributed by atoms with Gasteiger partial charge in [-0.05, 0) is 32.9 Å². The highest BCUT2D eigenvalue weighted by atomic mass is 19.1. The van der Waals surface area contributed by atoms with Crippen molar-refractivity contribution in [2.24, 2.45) is 0 Å². The van der Waals surface area contributed by atoms with Gasteiger partial charge in [0.2, 0.25) is 0 Å². The molecular weight excluding hydrogens is 267 g/mol. The normalized spacial score (nSPS) is 20.4. The molecule has 0 aromatic heterocycles. The summed E-state index contributed by atoms with van der Waals surface area (Å²) in [6, 6.07) is 7.10. The third-order valence-corrected chi connectivity index (χ3v) is 3.87. The summed E-state index contributed by atoms with van der Waals surface area (Å²) in [5.41, 5.74) is 0.637. The van der Waals surface area contributed by atoms with Gasteiger partial charge in [-0.3, -0.25) is 4.90 Å². The van der Waals surface area contributed by atoms with Crippen LogP contribution in [0.5, 0.6) is 0 Å². The van der Waals surface area contributed by atoms with Gasteiger partial charge in [-0.25, -0.2) is 4.39 Å². The Bertz CT molecular complexity index is 450. The van der Waals surface area contributed by atoms with E-state index >= 15 is 0 Å². The van der Waals surface area contributed by atoms with Crippen LogP contribution in [0.15, 0.2) is 24.3 Å². The molecule has 1 fully saturated rings. The van der Waals surface area contributed by atoms with Gasteiger partial charge in [0.05, 0.1) is 12.2 Å². The van der Waals surface area contributed by atoms with Gasteiger partial charge in [-0.1, -0.05) is 25.1 Å². The van der Waals surface area contributed by atoms with Crippen LogP contribution in [0.25, 0.3) is 0 Å². The first-order valence-electron chi connectivity index (χ1n) is 7.86. The van der Waals surface area contributed by atoms with E-state index in [9.17, 15) is 4.39 Å². The summed E-state index contributed by atoms with van der Waals surface area (Å²) in [6.07, 6.45) is 1.04. The van der Waals surface area contributed by atoms with E-state index in [0.29, 0.717) is 0 Å². The van der Waals surface area contributed by atoms with Crippen LogP contribution in [0.1, 0.15) is 38.8 Å². The lowest BCUT2D eigenvalue weighted by molar-refractivity contribution is -0.0877. The molecule has 4 heteroatoms. The van der Waals surface area contributed by atoms with Gasteiger partial charge in [-0.2, -0.15) is 0 Å². The average molecular weight is 294 g/mol. The summed E-state index contributed by atoms with van der Waals surface area (Å²) < 4.78 is 19.8. The number of hydrogen-bond donors (Lipinski definition) is 1. The molecule has 1 saturated heterocycles. The molecule has 0 saturated carbocycles. The number of nitrogens with one attached hydrogen (secondary N) is 1. The van der Waals surface area contributed by atoms with Gasteiger partial charge in [-0.15, -0.1) is 0 Å². The first-order valence-corrected chi connectivity index (χ1v) is 7.86. The van der Waals surface area contributed by atoms with Gasteiger partial charge in [0, 0.05) is 31.2 Å². The Hall–Kier alpha value is -0.970. The van der Waals surface area contributed by atoms with Crippen LogP contribution in [-0.2, 0) is 4.74 Å². The maximum Gasteiger partial charge on any atom is 0.128 e. The van der Waals surface area contributed by atoms with Crippen LogP contribution in [0.2, 0.25) is 0 Å². The van der Waals surface area contributed by atoms with E-state index in [1.54, 1.807) is 12.1 Å². The van der Waals surface area contributed by atoms with E-state index in [-0.39, 0.29) is 17.5 Å². The van der Waals surface area contributed by atoms with Gasteiger partial charge < -0.3 is 10.1 Å². The van der Waals surface area contributed by atoms with Crippen molar-refractivity contribution >= 4 is 0 Å². The van der Waals surface area contributed by atoms with Gasteiger partial charge in [0.1, 0.15) is 5.82 Å². The number of ether oxygens (including phenoxy) is 1. The summed E-state index contributed by atoms with van der Waals surface area (Å²) >= 11 is 0. The highest BCUT2D eigenvalue weighted by Gasteiger charge is 2.29. The van der Waals surface area contributed by atoms with Crippen LogP contribution in [0, 0.1) is 5.82 Å². The number of nitrogens with zero attached hydrogens (tertiary/aromatic N) is 1. The van der Waals surface area contributed by atoms with Crippen molar-refractivity contribution in [1.82, 2.24) is 10.2 Å². The summed E-state index contributed by atoms with van der Waals surface area (Å²) in [5, 5.41) is 3.48. The summed E-state index contributed by atoms with van der Waals surface area (Å²) in [7, 11) is 0. The fourth-order valence-corrected chi connectivity index (χ4v) is 2.88. The minimum Gasteiger partial charge on any atom is -0.373 e. The zero-order valence-corrected chi connectivity index (χ0v) is 13.4. The Morgan fingerprint density at radius 1 is 1.38 bits per heavy atom. The molecule has 1 atom stereocenters. The Balaban J connectivity index is 2.08. The second-order valence-corrected chi connectivity index (χ2v) is 6.37. The molecule has 118 valence electrons. The molecule has 0 amide bonds. The predicted octanol–water partition coefficient (Wildman–Crippen LogP) is 2.98. The summed E-state index contributed by atoms with van der Waals surface area (Å²) in [6.45, 7) is 10.6. The number of rotatable bonds is 6. The minimum absolute atomic E-state index is 0.0278. The Morgan fingerprint density at radius 2 is 2.14 bits per heavy atom. The molecule has 0 spiro atoms. The van der Waals surface area contributed by atoms with Crippen LogP contribution in [0.4, 0.5) is 4.39 Å². The molecule has 1 aliphatic rings. The number of hydrogen-bond acceptors (Lipinski definition) is 3. The Labute approximate surface area is 127 Å². The van der Waals surface area contributed by atoms with E-state index in [1.807, 2.05) is 12.1 Å². The lowest BCUT2D eigenvalue weighted by Gasteiger charge is -2.39. The molecule has 2 rings (SSSR count). The van der Waals surface area contributed by atoms with E-state index in [1.165, 1.54) is 0 Å².